The molecular weight excluding hydrogens is 311 g/mol. The molecule has 0 bridgehead atoms. The van der Waals surface area contributed by atoms with Crippen LogP contribution in [0.2, 0.25) is 0 Å². The van der Waals surface area contributed by atoms with Gasteiger partial charge in [0.05, 0.1) is 5.56 Å². The van der Waals surface area contributed by atoms with Crippen LogP contribution in [-0.2, 0) is 12.8 Å². The van der Waals surface area contributed by atoms with E-state index in [-0.39, 0.29) is 11.7 Å². The first kappa shape index (κ1) is 14.7. The Bertz CT molecular complexity index is 770. The van der Waals surface area contributed by atoms with Gasteiger partial charge in [-0.2, -0.15) is 0 Å². The molecule has 23 heavy (non-hydrogen) atoms. The molecule has 2 heterocycles. The highest BCUT2D eigenvalue weighted by molar-refractivity contribution is 7.16. The summed E-state index contributed by atoms with van der Waals surface area (Å²) >= 11 is 1.67. The Morgan fingerprint density at radius 3 is 2.91 bits per heavy atom. The van der Waals surface area contributed by atoms with Crippen LogP contribution in [0.5, 0.6) is 0 Å². The summed E-state index contributed by atoms with van der Waals surface area (Å²) in [6.45, 7) is 2.22. The molecule has 1 aliphatic heterocycles. The van der Waals surface area contributed by atoms with E-state index in [0.717, 1.165) is 29.8 Å². The van der Waals surface area contributed by atoms with Crippen molar-refractivity contribution in [3.8, 4) is 0 Å². The van der Waals surface area contributed by atoms with Crippen molar-refractivity contribution in [2.24, 2.45) is 5.92 Å². The van der Waals surface area contributed by atoms with Gasteiger partial charge in [0.25, 0.3) is 5.91 Å². The van der Waals surface area contributed by atoms with Gasteiger partial charge >= 0.3 is 0 Å². The number of fused-ring (bicyclic) bond motifs is 3. The SMILES string of the molecule is CC[C@@H]1CCc2c(sc3c2C(=O)N[C@@H](c2ccccc2F)N3)C1. The van der Waals surface area contributed by atoms with E-state index in [1.807, 2.05) is 0 Å². The van der Waals surface area contributed by atoms with E-state index in [1.165, 1.54) is 22.9 Å². The van der Waals surface area contributed by atoms with Gasteiger partial charge in [0.2, 0.25) is 0 Å². The highest BCUT2D eigenvalue weighted by atomic mass is 32.1. The monoisotopic (exact) mass is 330 g/mol. The zero-order chi connectivity index (χ0) is 16.0. The normalized spacial score (nSPS) is 22.8. The maximum Gasteiger partial charge on any atom is 0.256 e. The fourth-order valence-corrected chi connectivity index (χ4v) is 4.97. The minimum absolute atomic E-state index is 0.0838. The molecule has 2 aliphatic rings. The molecule has 2 aromatic rings. The number of nitrogens with one attached hydrogen (secondary N) is 2. The summed E-state index contributed by atoms with van der Waals surface area (Å²) in [5, 5.41) is 7.12. The topological polar surface area (TPSA) is 41.1 Å². The van der Waals surface area contributed by atoms with Crippen LogP contribution in [0, 0.1) is 11.7 Å². The molecule has 0 unspecified atom stereocenters. The molecule has 0 saturated carbocycles. The summed E-state index contributed by atoms with van der Waals surface area (Å²) in [4.78, 5) is 13.9. The van der Waals surface area contributed by atoms with Gasteiger partial charge < -0.3 is 10.6 Å². The Hall–Kier alpha value is -1.88. The van der Waals surface area contributed by atoms with Gasteiger partial charge in [0.15, 0.2) is 0 Å². The van der Waals surface area contributed by atoms with Crippen molar-refractivity contribution in [1.29, 1.82) is 0 Å². The lowest BCUT2D eigenvalue weighted by Crippen LogP contribution is -2.38. The summed E-state index contributed by atoms with van der Waals surface area (Å²) in [7, 11) is 0. The van der Waals surface area contributed by atoms with E-state index >= 15 is 0 Å². The smallest absolute Gasteiger partial charge is 0.256 e. The van der Waals surface area contributed by atoms with Crippen molar-refractivity contribution in [1.82, 2.24) is 5.32 Å². The molecule has 0 fully saturated rings. The number of benzene rings is 1. The number of hydrogen-bond acceptors (Lipinski definition) is 3. The molecule has 4 rings (SSSR count). The highest BCUT2D eigenvalue weighted by Gasteiger charge is 2.34. The molecule has 120 valence electrons. The molecule has 0 saturated heterocycles. The van der Waals surface area contributed by atoms with Gasteiger partial charge in [-0.05, 0) is 36.8 Å². The largest absolute Gasteiger partial charge is 0.353 e. The summed E-state index contributed by atoms with van der Waals surface area (Å²) < 4.78 is 14.0. The predicted molar refractivity (Wildman–Crippen MR) is 90.4 cm³/mol. The summed E-state index contributed by atoms with van der Waals surface area (Å²) in [5.74, 6) is 0.327. The lowest BCUT2D eigenvalue weighted by Gasteiger charge is -2.27. The third-order valence-corrected chi connectivity index (χ3v) is 6.12. The number of carbonyl (C=O) groups excluding carboxylic acids is 1. The lowest BCUT2D eigenvalue weighted by atomic mass is 9.85. The number of halogens is 1. The fourth-order valence-electron chi connectivity index (χ4n) is 3.58. The van der Waals surface area contributed by atoms with Crippen molar-refractivity contribution in [3.63, 3.8) is 0 Å². The molecule has 1 aromatic carbocycles. The first-order chi connectivity index (χ1) is 11.2. The van der Waals surface area contributed by atoms with Crippen LogP contribution < -0.4 is 10.6 Å². The standard InChI is InChI=1S/C18H19FN2OS/c1-2-10-7-8-12-14(9-10)23-18-15(12)17(22)20-16(21-18)11-5-3-4-6-13(11)19/h3-6,10,16,21H,2,7-9H2,1H3,(H,20,22)/t10-,16-/m1/s1. The van der Waals surface area contributed by atoms with E-state index in [2.05, 4.69) is 17.6 Å². The average molecular weight is 330 g/mol. The third kappa shape index (κ3) is 2.43. The Balaban J connectivity index is 1.69. The number of hydrogen-bond donors (Lipinski definition) is 2. The highest BCUT2D eigenvalue weighted by Crippen LogP contribution is 2.43. The van der Waals surface area contributed by atoms with Gasteiger partial charge in [0.1, 0.15) is 17.0 Å². The lowest BCUT2D eigenvalue weighted by molar-refractivity contribution is 0.0934. The molecular formula is C18H19FN2OS. The van der Waals surface area contributed by atoms with Gasteiger partial charge in [-0.1, -0.05) is 31.5 Å². The van der Waals surface area contributed by atoms with E-state index in [4.69, 9.17) is 0 Å². The van der Waals surface area contributed by atoms with E-state index < -0.39 is 6.17 Å². The molecule has 2 N–H and O–H groups in total. The number of anilines is 1. The summed E-state index contributed by atoms with van der Waals surface area (Å²) in [5.41, 5.74) is 2.46. The molecule has 1 amide bonds. The van der Waals surface area contributed by atoms with Crippen LogP contribution in [0.15, 0.2) is 24.3 Å². The van der Waals surface area contributed by atoms with Crippen LogP contribution in [0.25, 0.3) is 0 Å². The zero-order valence-corrected chi connectivity index (χ0v) is 13.8. The average Bonchev–Trinajstić information content (AvgIpc) is 2.92. The van der Waals surface area contributed by atoms with Crippen molar-refractivity contribution >= 4 is 22.2 Å². The van der Waals surface area contributed by atoms with Crippen LogP contribution in [-0.4, -0.2) is 5.91 Å². The number of amides is 1. The minimum Gasteiger partial charge on any atom is -0.353 e. The zero-order valence-electron chi connectivity index (χ0n) is 13.0. The minimum atomic E-state index is -0.502. The van der Waals surface area contributed by atoms with Gasteiger partial charge in [-0.15, -0.1) is 11.3 Å². The maximum atomic E-state index is 14.0. The second-order valence-corrected chi connectivity index (χ2v) is 7.40. The van der Waals surface area contributed by atoms with Crippen molar-refractivity contribution in [2.45, 2.75) is 38.8 Å². The Morgan fingerprint density at radius 1 is 1.30 bits per heavy atom. The van der Waals surface area contributed by atoms with E-state index in [9.17, 15) is 9.18 Å². The molecule has 5 heteroatoms. The molecule has 1 aliphatic carbocycles. The third-order valence-electron chi connectivity index (χ3n) is 4.94. The van der Waals surface area contributed by atoms with Gasteiger partial charge in [0, 0.05) is 10.4 Å². The predicted octanol–water partition coefficient (Wildman–Crippen LogP) is 4.26. The molecule has 2 atom stereocenters. The van der Waals surface area contributed by atoms with Crippen LogP contribution in [0.1, 0.15) is 52.3 Å². The first-order valence-corrected chi connectivity index (χ1v) is 8.95. The maximum absolute atomic E-state index is 14.0. The van der Waals surface area contributed by atoms with Crippen LogP contribution in [0.4, 0.5) is 9.39 Å². The molecule has 0 radical (unpaired) electrons. The number of carbonyl (C=O) groups is 1. The van der Waals surface area contributed by atoms with E-state index in [0.29, 0.717) is 11.5 Å². The van der Waals surface area contributed by atoms with Gasteiger partial charge in [-0.25, -0.2) is 4.39 Å². The van der Waals surface area contributed by atoms with Crippen LogP contribution >= 0.6 is 11.3 Å². The van der Waals surface area contributed by atoms with Crippen molar-refractivity contribution < 1.29 is 9.18 Å². The Labute approximate surface area is 138 Å². The number of thiophene rings is 1. The van der Waals surface area contributed by atoms with Crippen LogP contribution in [0.3, 0.4) is 0 Å². The number of rotatable bonds is 2. The second kappa shape index (κ2) is 5.64. The van der Waals surface area contributed by atoms with Gasteiger partial charge in [-0.3, -0.25) is 4.79 Å². The van der Waals surface area contributed by atoms with Crippen molar-refractivity contribution in [2.75, 3.05) is 5.32 Å². The molecule has 0 spiro atoms. The second-order valence-electron chi connectivity index (χ2n) is 6.30. The molecule has 3 nitrogen and oxygen atoms in total. The summed E-state index contributed by atoms with van der Waals surface area (Å²) in [6.07, 6.45) is 3.86. The quantitative estimate of drug-likeness (QED) is 0.864. The Morgan fingerprint density at radius 2 is 2.13 bits per heavy atom. The first-order valence-electron chi connectivity index (χ1n) is 8.13. The van der Waals surface area contributed by atoms with E-state index in [1.54, 1.807) is 29.5 Å². The Kier molecular flexibility index (Phi) is 3.60. The molecule has 1 aromatic heterocycles. The summed E-state index contributed by atoms with van der Waals surface area (Å²) in [6, 6.07) is 6.57. The van der Waals surface area contributed by atoms with Crippen molar-refractivity contribution in [3.05, 3.63) is 51.7 Å². The fraction of sp³-hybridized carbons (Fsp3) is 0.389.